The van der Waals surface area contributed by atoms with Crippen LogP contribution in [-0.4, -0.2) is 56.5 Å². The Bertz CT molecular complexity index is 287. The van der Waals surface area contributed by atoms with Crippen molar-refractivity contribution in [2.24, 2.45) is 5.41 Å². The number of urea groups is 1. The standard InChI is InChI=1S/C12H22N2O3/c1-12(2)9(8-10(12)16-3)13-11(15)14-4-6-17-7-5-14/h9-10H,4-8H2,1-3H3,(H,13,15). The molecular weight excluding hydrogens is 220 g/mol. The number of carbonyl (C=O) groups excluding carboxylic acids is 1. The number of nitrogens with one attached hydrogen (secondary N) is 1. The van der Waals surface area contributed by atoms with Gasteiger partial charge < -0.3 is 19.7 Å². The number of methoxy groups -OCH3 is 1. The summed E-state index contributed by atoms with van der Waals surface area (Å²) < 4.78 is 10.6. The van der Waals surface area contributed by atoms with Gasteiger partial charge in [0, 0.05) is 31.7 Å². The van der Waals surface area contributed by atoms with E-state index < -0.39 is 0 Å². The number of nitrogens with zero attached hydrogens (tertiary/aromatic N) is 1. The number of ether oxygens (including phenoxy) is 2. The Morgan fingerprint density at radius 2 is 2.06 bits per heavy atom. The minimum Gasteiger partial charge on any atom is -0.381 e. The summed E-state index contributed by atoms with van der Waals surface area (Å²) in [6.45, 7) is 6.92. The zero-order chi connectivity index (χ0) is 12.5. The zero-order valence-electron chi connectivity index (χ0n) is 10.9. The molecule has 0 bridgehead atoms. The summed E-state index contributed by atoms with van der Waals surface area (Å²) in [7, 11) is 1.73. The first-order valence-corrected chi connectivity index (χ1v) is 6.21. The van der Waals surface area contributed by atoms with E-state index in [1.165, 1.54) is 0 Å². The highest BCUT2D eigenvalue weighted by Gasteiger charge is 2.49. The van der Waals surface area contributed by atoms with Crippen molar-refractivity contribution >= 4 is 6.03 Å². The van der Waals surface area contributed by atoms with E-state index in [1.807, 2.05) is 4.90 Å². The maximum atomic E-state index is 12.0. The summed E-state index contributed by atoms with van der Waals surface area (Å²) in [5.74, 6) is 0. The van der Waals surface area contributed by atoms with Crippen LogP contribution in [0.2, 0.25) is 0 Å². The van der Waals surface area contributed by atoms with E-state index in [0.29, 0.717) is 26.3 Å². The first kappa shape index (κ1) is 12.6. The van der Waals surface area contributed by atoms with Crippen molar-refractivity contribution < 1.29 is 14.3 Å². The fourth-order valence-electron chi connectivity index (χ4n) is 2.54. The van der Waals surface area contributed by atoms with E-state index in [0.717, 1.165) is 6.42 Å². The second-order valence-corrected chi connectivity index (χ2v) is 5.38. The number of amides is 2. The average molecular weight is 242 g/mol. The molecule has 0 aromatic carbocycles. The number of rotatable bonds is 2. The van der Waals surface area contributed by atoms with Crippen molar-refractivity contribution in [3.63, 3.8) is 0 Å². The quantitative estimate of drug-likeness (QED) is 0.780. The van der Waals surface area contributed by atoms with Gasteiger partial charge in [-0.05, 0) is 6.42 Å². The van der Waals surface area contributed by atoms with E-state index in [2.05, 4.69) is 19.2 Å². The molecule has 2 unspecified atom stereocenters. The fourth-order valence-corrected chi connectivity index (χ4v) is 2.54. The van der Waals surface area contributed by atoms with E-state index in [1.54, 1.807) is 7.11 Å². The highest BCUT2D eigenvalue weighted by Crippen LogP contribution is 2.42. The average Bonchev–Trinajstić information content (AvgIpc) is 2.34. The van der Waals surface area contributed by atoms with Gasteiger partial charge in [-0.3, -0.25) is 0 Å². The number of hydrogen-bond acceptors (Lipinski definition) is 3. The van der Waals surface area contributed by atoms with Crippen LogP contribution in [0.3, 0.4) is 0 Å². The van der Waals surface area contributed by atoms with Crippen LogP contribution in [0.5, 0.6) is 0 Å². The van der Waals surface area contributed by atoms with Gasteiger partial charge in [0.2, 0.25) is 0 Å². The predicted octanol–water partition coefficient (Wildman–Crippen LogP) is 0.842. The van der Waals surface area contributed by atoms with Gasteiger partial charge >= 0.3 is 6.03 Å². The summed E-state index contributed by atoms with van der Waals surface area (Å²) in [5.41, 5.74) is 0.0245. The Balaban J connectivity index is 1.83. The second kappa shape index (κ2) is 4.82. The molecule has 2 atom stereocenters. The summed E-state index contributed by atoms with van der Waals surface area (Å²) >= 11 is 0. The minimum absolute atomic E-state index is 0.0245. The van der Waals surface area contributed by atoms with E-state index >= 15 is 0 Å². The molecule has 2 rings (SSSR count). The lowest BCUT2D eigenvalue weighted by Gasteiger charge is -2.51. The van der Waals surface area contributed by atoms with E-state index in [9.17, 15) is 4.79 Å². The normalized spacial score (nSPS) is 31.8. The third-order valence-electron chi connectivity index (χ3n) is 4.06. The highest BCUT2D eigenvalue weighted by atomic mass is 16.5. The molecule has 98 valence electrons. The van der Waals surface area contributed by atoms with Crippen LogP contribution in [0.15, 0.2) is 0 Å². The van der Waals surface area contributed by atoms with Crippen LogP contribution in [0.25, 0.3) is 0 Å². The van der Waals surface area contributed by atoms with Gasteiger partial charge in [-0.1, -0.05) is 13.8 Å². The van der Waals surface area contributed by atoms with Crippen molar-refractivity contribution in [3.05, 3.63) is 0 Å². The molecule has 0 spiro atoms. The first-order valence-electron chi connectivity index (χ1n) is 6.21. The molecular formula is C12H22N2O3. The van der Waals surface area contributed by atoms with Gasteiger partial charge in [-0.15, -0.1) is 0 Å². The molecule has 5 heteroatoms. The Morgan fingerprint density at radius 1 is 1.41 bits per heavy atom. The number of carbonyl (C=O) groups is 1. The molecule has 5 nitrogen and oxygen atoms in total. The smallest absolute Gasteiger partial charge is 0.317 e. The van der Waals surface area contributed by atoms with Crippen molar-refractivity contribution in [1.29, 1.82) is 0 Å². The molecule has 2 amide bonds. The maximum absolute atomic E-state index is 12.0. The number of morpholine rings is 1. The van der Waals surface area contributed by atoms with Crippen LogP contribution in [-0.2, 0) is 9.47 Å². The largest absolute Gasteiger partial charge is 0.381 e. The van der Waals surface area contributed by atoms with Gasteiger partial charge in [-0.25, -0.2) is 4.79 Å². The van der Waals surface area contributed by atoms with Gasteiger partial charge in [0.05, 0.1) is 19.3 Å². The Kier molecular flexibility index (Phi) is 3.58. The molecule has 0 radical (unpaired) electrons. The predicted molar refractivity (Wildman–Crippen MR) is 63.9 cm³/mol. The van der Waals surface area contributed by atoms with E-state index in [-0.39, 0.29) is 23.6 Å². The summed E-state index contributed by atoms with van der Waals surface area (Å²) in [6, 6.07) is 0.240. The lowest BCUT2D eigenvalue weighted by Crippen LogP contribution is -2.63. The summed E-state index contributed by atoms with van der Waals surface area (Å²) in [5, 5.41) is 3.09. The zero-order valence-corrected chi connectivity index (χ0v) is 10.9. The molecule has 0 aromatic rings. The van der Waals surface area contributed by atoms with Gasteiger partial charge in [-0.2, -0.15) is 0 Å². The lowest BCUT2D eigenvalue weighted by molar-refractivity contribution is -0.0948. The SMILES string of the molecule is COC1CC(NC(=O)N2CCOCC2)C1(C)C. The first-order chi connectivity index (χ1) is 8.05. The maximum Gasteiger partial charge on any atom is 0.317 e. The molecule has 2 fully saturated rings. The molecule has 1 saturated heterocycles. The molecule has 1 aliphatic carbocycles. The van der Waals surface area contributed by atoms with Crippen LogP contribution in [0.1, 0.15) is 20.3 Å². The molecule has 1 aliphatic heterocycles. The Hall–Kier alpha value is -0.810. The van der Waals surface area contributed by atoms with Crippen LogP contribution in [0.4, 0.5) is 4.79 Å². The number of hydrogen-bond donors (Lipinski definition) is 1. The van der Waals surface area contributed by atoms with Crippen LogP contribution < -0.4 is 5.32 Å². The minimum atomic E-state index is 0.0245. The lowest BCUT2D eigenvalue weighted by atomic mass is 9.64. The third kappa shape index (κ3) is 2.40. The highest BCUT2D eigenvalue weighted by molar-refractivity contribution is 5.75. The molecule has 1 N–H and O–H groups in total. The summed E-state index contributed by atoms with van der Waals surface area (Å²) in [6.07, 6.45) is 1.15. The molecule has 1 heterocycles. The van der Waals surface area contributed by atoms with E-state index in [4.69, 9.17) is 9.47 Å². The molecule has 1 saturated carbocycles. The van der Waals surface area contributed by atoms with Crippen molar-refractivity contribution in [2.45, 2.75) is 32.4 Å². The monoisotopic (exact) mass is 242 g/mol. The van der Waals surface area contributed by atoms with Crippen LogP contribution in [0, 0.1) is 5.41 Å². The molecule has 2 aliphatic rings. The van der Waals surface area contributed by atoms with Crippen molar-refractivity contribution in [1.82, 2.24) is 10.2 Å². The van der Waals surface area contributed by atoms with Gasteiger partial charge in [0.25, 0.3) is 0 Å². The fraction of sp³-hybridized carbons (Fsp3) is 0.917. The molecule has 0 aromatic heterocycles. The van der Waals surface area contributed by atoms with Gasteiger partial charge in [0.15, 0.2) is 0 Å². The Labute approximate surface area is 102 Å². The topological polar surface area (TPSA) is 50.8 Å². The van der Waals surface area contributed by atoms with Gasteiger partial charge in [0.1, 0.15) is 0 Å². The van der Waals surface area contributed by atoms with Crippen LogP contribution >= 0.6 is 0 Å². The van der Waals surface area contributed by atoms with Crippen molar-refractivity contribution in [3.8, 4) is 0 Å². The third-order valence-corrected chi connectivity index (χ3v) is 4.06. The second-order valence-electron chi connectivity index (χ2n) is 5.38. The van der Waals surface area contributed by atoms with Crippen molar-refractivity contribution in [2.75, 3.05) is 33.4 Å². The summed E-state index contributed by atoms with van der Waals surface area (Å²) in [4.78, 5) is 13.8. The molecule has 17 heavy (non-hydrogen) atoms. The Morgan fingerprint density at radius 3 is 2.59 bits per heavy atom.